The molecule has 2 aliphatic rings. The molecule has 0 saturated carbocycles. The summed E-state index contributed by atoms with van der Waals surface area (Å²) in [5, 5.41) is 17.8. The number of fused-ring (bicyclic) bond motifs is 3. The first-order valence-electron chi connectivity index (χ1n) is 9.72. The summed E-state index contributed by atoms with van der Waals surface area (Å²) >= 11 is 12.1. The van der Waals surface area contributed by atoms with Crippen LogP contribution in [0.2, 0.25) is 0 Å². The van der Waals surface area contributed by atoms with Gasteiger partial charge in [-0.3, -0.25) is 4.79 Å². The highest BCUT2D eigenvalue weighted by Crippen LogP contribution is 2.48. The quantitative estimate of drug-likeness (QED) is 0.348. The Balaban J connectivity index is 1.69. The molecule has 2 atom stereocenters. The van der Waals surface area contributed by atoms with Crippen LogP contribution in [0.25, 0.3) is 0 Å². The standard InChI is InChI=1S/C21H23Br3N2O2S/c1-4-21(2,3)9-5-6-10-13(7-9)29-20-14(10)19(28)25-18(26-20)15-11(22)8-12(23)17(27)16(15)24/h8-9,18,26-27H,4-7H2,1-3H3,(H,25,28)/t9-,18+/m1/s1. The van der Waals surface area contributed by atoms with Crippen LogP contribution in [0.4, 0.5) is 5.00 Å². The maximum Gasteiger partial charge on any atom is 0.256 e. The van der Waals surface area contributed by atoms with Gasteiger partial charge in [-0.25, -0.2) is 0 Å². The molecule has 1 aromatic carbocycles. The van der Waals surface area contributed by atoms with Crippen LogP contribution in [-0.2, 0) is 12.8 Å². The van der Waals surface area contributed by atoms with Crippen LogP contribution in [0.15, 0.2) is 19.5 Å². The molecule has 1 aliphatic carbocycles. The molecule has 0 radical (unpaired) electrons. The van der Waals surface area contributed by atoms with Gasteiger partial charge in [0.15, 0.2) is 0 Å². The number of carbonyl (C=O) groups is 1. The fourth-order valence-electron chi connectivity index (χ4n) is 4.26. The lowest BCUT2D eigenvalue weighted by Gasteiger charge is -2.36. The Morgan fingerprint density at radius 3 is 2.66 bits per heavy atom. The molecular weight excluding hydrogens is 584 g/mol. The van der Waals surface area contributed by atoms with Crippen LogP contribution >= 0.6 is 59.1 Å². The lowest BCUT2D eigenvalue weighted by atomic mass is 9.69. The van der Waals surface area contributed by atoms with Gasteiger partial charge in [0.1, 0.15) is 16.9 Å². The Morgan fingerprint density at radius 1 is 1.24 bits per heavy atom. The molecule has 1 aromatic heterocycles. The van der Waals surface area contributed by atoms with Gasteiger partial charge in [0, 0.05) is 14.9 Å². The average Bonchev–Trinajstić information content (AvgIpc) is 3.04. The van der Waals surface area contributed by atoms with Crippen molar-refractivity contribution in [2.75, 3.05) is 5.32 Å². The Morgan fingerprint density at radius 2 is 1.97 bits per heavy atom. The molecule has 29 heavy (non-hydrogen) atoms. The topological polar surface area (TPSA) is 61.4 Å². The second-order valence-corrected chi connectivity index (χ2v) is 12.1. The zero-order chi connectivity index (χ0) is 21.1. The number of anilines is 1. The minimum Gasteiger partial charge on any atom is -0.506 e. The van der Waals surface area contributed by atoms with E-state index in [0.717, 1.165) is 46.3 Å². The number of benzene rings is 1. The molecule has 0 bridgehead atoms. The summed E-state index contributed by atoms with van der Waals surface area (Å²) in [7, 11) is 0. The molecule has 0 saturated heterocycles. The Labute approximate surface area is 200 Å². The largest absolute Gasteiger partial charge is 0.506 e. The Hall–Kier alpha value is -0.570. The van der Waals surface area contributed by atoms with E-state index in [1.807, 2.05) is 0 Å². The average molecular weight is 607 g/mol. The van der Waals surface area contributed by atoms with Gasteiger partial charge in [-0.2, -0.15) is 0 Å². The van der Waals surface area contributed by atoms with E-state index in [1.54, 1.807) is 17.4 Å². The summed E-state index contributed by atoms with van der Waals surface area (Å²) in [5.41, 5.74) is 3.10. The molecule has 1 aliphatic heterocycles. The SMILES string of the molecule is CCC(C)(C)[C@@H]1CCc2c(sc3c2C(=O)N[C@H](c2c(Br)cc(Br)c(O)c2Br)N3)C1. The van der Waals surface area contributed by atoms with E-state index >= 15 is 0 Å². The smallest absolute Gasteiger partial charge is 0.256 e. The van der Waals surface area contributed by atoms with E-state index in [-0.39, 0.29) is 11.7 Å². The molecule has 0 fully saturated rings. The summed E-state index contributed by atoms with van der Waals surface area (Å²) in [6.45, 7) is 6.97. The van der Waals surface area contributed by atoms with Crippen molar-refractivity contribution in [3.8, 4) is 5.75 Å². The van der Waals surface area contributed by atoms with Crippen molar-refractivity contribution in [1.82, 2.24) is 5.32 Å². The van der Waals surface area contributed by atoms with Gasteiger partial charge in [0.2, 0.25) is 0 Å². The van der Waals surface area contributed by atoms with Crippen molar-refractivity contribution >= 4 is 70.0 Å². The van der Waals surface area contributed by atoms with Gasteiger partial charge in [-0.05, 0) is 74.1 Å². The van der Waals surface area contributed by atoms with Crippen molar-refractivity contribution < 1.29 is 9.90 Å². The summed E-state index contributed by atoms with van der Waals surface area (Å²) < 4.78 is 1.92. The molecule has 0 spiro atoms. The van der Waals surface area contributed by atoms with E-state index in [1.165, 1.54) is 10.4 Å². The summed E-state index contributed by atoms with van der Waals surface area (Å²) in [6, 6.07) is 1.79. The van der Waals surface area contributed by atoms with E-state index < -0.39 is 6.17 Å². The number of hydrogen-bond acceptors (Lipinski definition) is 4. The number of carbonyl (C=O) groups excluding carboxylic acids is 1. The minimum atomic E-state index is -0.430. The van der Waals surface area contributed by atoms with Crippen LogP contribution in [-0.4, -0.2) is 11.0 Å². The number of hydrogen-bond donors (Lipinski definition) is 3. The van der Waals surface area contributed by atoms with Gasteiger partial charge >= 0.3 is 0 Å². The molecule has 4 nitrogen and oxygen atoms in total. The third-order valence-corrected chi connectivity index (χ3v) is 9.78. The fourth-order valence-corrected chi connectivity index (χ4v) is 8.19. The van der Waals surface area contributed by atoms with E-state index in [2.05, 4.69) is 79.2 Å². The third kappa shape index (κ3) is 3.68. The number of thiophene rings is 1. The Bertz CT molecular complexity index is 1000. The van der Waals surface area contributed by atoms with Crippen LogP contribution in [0.3, 0.4) is 0 Å². The number of halogens is 3. The predicted octanol–water partition coefficient (Wildman–Crippen LogP) is 7.14. The maximum atomic E-state index is 13.1. The van der Waals surface area contributed by atoms with Crippen LogP contribution < -0.4 is 10.6 Å². The molecule has 2 aromatic rings. The molecule has 4 rings (SSSR count). The van der Waals surface area contributed by atoms with Gasteiger partial charge in [0.05, 0.1) is 14.5 Å². The second-order valence-electron chi connectivity index (χ2n) is 8.46. The fraction of sp³-hybridized carbons (Fsp3) is 0.476. The summed E-state index contributed by atoms with van der Waals surface area (Å²) in [5.74, 6) is 0.710. The Kier molecular flexibility index (Phi) is 5.86. The van der Waals surface area contributed by atoms with Gasteiger partial charge in [0.25, 0.3) is 5.91 Å². The highest BCUT2D eigenvalue weighted by Gasteiger charge is 2.38. The van der Waals surface area contributed by atoms with Crippen molar-refractivity contribution in [2.24, 2.45) is 11.3 Å². The maximum absolute atomic E-state index is 13.1. The predicted molar refractivity (Wildman–Crippen MR) is 129 cm³/mol. The number of nitrogens with one attached hydrogen (secondary N) is 2. The zero-order valence-electron chi connectivity index (χ0n) is 16.5. The highest BCUT2D eigenvalue weighted by molar-refractivity contribution is 9.11. The normalized spacial score (nSPS) is 21.2. The second kappa shape index (κ2) is 7.84. The first-order chi connectivity index (χ1) is 13.6. The first kappa shape index (κ1) is 21.7. The van der Waals surface area contributed by atoms with Gasteiger partial charge < -0.3 is 15.7 Å². The molecule has 156 valence electrons. The summed E-state index contributed by atoms with van der Waals surface area (Å²) in [4.78, 5) is 14.4. The number of phenolic OH excluding ortho intramolecular Hbond substituents is 1. The lowest BCUT2D eigenvalue weighted by Crippen LogP contribution is -2.39. The molecule has 0 unspecified atom stereocenters. The van der Waals surface area contributed by atoms with Crippen molar-refractivity contribution in [2.45, 2.75) is 52.6 Å². The monoisotopic (exact) mass is 604 g/mol. The van der Waals surface area contributed by atoms with Crippen molar-refractivity contribution in [3.05, 3.63) is 41.1 Å². The minimum absolute atomic E-state index is 0.0457. The number of aromatic hydroxyl groups is 1. The van der Waals surface area contributed by atoms with E-state index in [9.17, 15) is 9.90 Å². The van der Waals surface area contributed by atoms with Crippen LogP contribution in [0.5, 0.6) is 5.75 Å². The van der Waals surface area contributed by atoms with Crippen molar-refractivity contribution in [3.63, 3.8) is 0 Å². The summed E-state index contributed by atoms with van der Waals surface area (Å²) in [6.07, 6.45) is 3.86. The first-order valence-corrected chi connectivity index (χ1v) is 12.9. The number of amides is 1. The molecule has 2 heterocycles. The lowest BCUT2D eigenvalue weighted by molar-refractivity contribution is 0.0934. The molecule has 3 N–H and O–H groups in total. The van der Waals surface area contributed by atoms with E-state index in [4.69, 9.17) is 0 Å². The van der Waals surface area contributed by atoms with E-state index in [0.29, 0.717) is 20.3 Å². The highest BCUT2D eigenvalue weighted by atomic mass is 79.9. The number of rotatable bonds is 3. The third-order valence-electron chi connectivity index (χ3n) is 6.53. The van der Waals surface area contributed by atoms with Crippen LogP contribution in [0, 0.1) is 11.3 Å². The molecule has 8 heteroatoms. The van der Waals surface area contributed by atoms with Crippen LogP contribution in [0.1, 0.15) is 66.1 Å². The molecule has 1 amide bonds. The molecular formula is C21H23Br3N2O2S. The zero-order valence-corrected chi connectivity index (χ0v) is 22.0. The van der Waals surface area contributed by atoms with Gasteiger partial charge in [-0.15, -0.1) is 11.3 Å². The van der Waals surface area contributed by atoms with Crippen molar-refractivity contribution in [1.29, 1.82) is 0 Å². The van der Waals surface area contributed by atoms with Gasteiger partial charge in [-0.1, -0.05) is 43.1 Å². The number of phenols is 1.